The Kier molecular flexibility index (Phi) is 14.5. The van der Waals surface area contributed by atoms with Crippen molar-refractivity contribution in [1.82, 2.24) is 0 Å². The molecule has 2 saturated heterocycles. The van der Waals surface area contributed by atoms with Crippen LogP contribution < -0.4 is 19.3 Å². The van der Waals surface area contributed by atoms with E-state index in [9.17, 15) is 50.4 Å². The Bertz CT molecular complexity index is 2210. The minimum atomic E-state index is -1.64. The van der Waals surface area contributed by atoms with Crippen LogP contribution in [0.4, 0.5) is 11.4 Å². The first-order valence-electron chi connectivity index (χ1n) is 22.1. The van der Waals surface area contributed by atoms with Crippen molar-refractivity contribution >= 4 is 67.9 Å². The van der Waals surface area contributed by atoms with Gasteiger partial charge >= 0.3 is 0 Å². The molecule has 352 valence electrons. The number of alkyl halides is 2. The number of rotatable bonds is 14. The van der Waals surface area contributed by atoms with Gasteiger partial charge in [0.2, 0.25) is 24.4 Å². The quantitative estimate of drug-likeness (QED) is 0.0670. The number of carbonyl (C=O) groups excluding carboxylic acids is 2. The van der Waals surface area contributed by atoms with E-state index in [1.54, 1.807) is 21.9 Å². The second-order valence-electron chi connectivity index (χ2n) is 17.5. The summed E-state index contributed by atoms with van der Waals surface area (Å²) in [6.45, 7) is 3.14. The lowest BCUT2D eigenvalue weighted by atomic mass is 9.92. The molecule has 4 heterocycles. The van der Waals surface area contributed by atoms with Crippen LogP contribution in [0.5, 0.6) is 11.5 Å². The molecular formula is C47H56Cl2N2O14. The second-order valence-corrected chi connectivity index (χ2v) is 18.9. The summed E-state index contributed by atoms with van der Waals surface area (Å²) in [6.07, 6.45) is -13.0. The van der Waals surface area contributed by atoms with Crippen LogP contribution in [-0.2, 0) is 19.1 Å². The lowest BCUT2D eigenvalue weighted by molar-refractivity contribution is -0.277. The van der Waals surface area contributed by atoms with Crippen molar-refractivity contribution in [2.45, 2.75) is 130 Å². The maximum atomic E-state index is 14.1. The van der Waals surface area contributed by atoms with E-state index in [4.69, 9.17) is 42.1 Å². The summed E-state index contributed by atoms with van der Waals surface area (Å²) in [5.41, 5.74) is 2.90. The molecule has 0 saturated carbocycles. The van der Waals surface area contributed by atoms with E-state index in [0.717, 1.165) is 21.9 Å². The van der Waals surface area contributed by atoms with Crippen molar-refractivity contribution in [3.8, 4) is 11.5 Å². The number of aliphatic hydroxyl groups excluding tert-OH is 8. The first kappa shape index (κ1) is 47.6. The highest BCUT2D eigenvalue weighted by molar-refractivity contribution is 6.22. The van der Waals surface area contributed by atoms with E-state index in [2.05, 4.69) is 0 Å². The molecular weight excluding hydrogens is 887 g/mol. The fourth-order valence-corrected chi connectivity index (χ4v) is 10.1. The van der Waals surface area contributed by atoms with Gasteiger partial charge in [0.05, 0.1) is 24.6 Å². The molecule has 65 heavy (non-hydrogen) atoms. The first-order chi connectivity index (χ1) is 31.1. The van der Waals surface area contributed by atoms with E-state index in [-0.39, 0.29) is 58.7 Å². The third-order valence-electron chi connectivity index (χ3n) is 13.3. The molecule has 0 bridgehead atoms. The summed E-state index contributed by atoms with van der Waals surface area (Å²) in [5.74, 6) is -0.226. The standard InChI is InChI=1S/C47H56Cl2N2O14/c1-22(48)28-18-50(30-16-32(24-10-6-8-12-26(24)38(28)30)62-46-44(60)42(58)40(56)34(20-52)64-46)36(54)14-4-3-5-15-37(55)51-19-29(23(2)49)39-27-13-9-7-11-25(27)33(17-31(39)51)63-47-45(61)43(59)41(57)35(21-53)65-47/h6-13,16-17,22-23,28-29,34-35,40-47,52-53,56-61H,3-5,14-15,18-21H2,1-2H3. The zero-order valence-corrected chi connectivity index (χ0v) is 37.4. The lowest BCUT2D eigenvalue weighted by Gasteiger charge is -2.39. The molecule has 14 unspecified atom stereocenters. The van der Waals surface area contributed by atoms with E-state index in [0.29, 0.717) is 54.5 Å². The van der Waals surface area contributed by atoms with Crippen LogP contribution in [0.1, 0.15) is 68.9 Å². The molecule has 2 fully saturated rings. The third-order valence-corrected chi connectivity index (χ3v) is 13.9. The van der Waals surface area contributed by atoms with Gasteiger partial charge in [-0.1, -0.05) is 55.0 Å². The number of amides is 2. The van der Waals surface area contributed by atoms with Crippen LogP contribution in [0.3, 0.4) is 0 Å². The SMILES string of the molecule is CC(Cl)C1CN(C(=O)CCCCCC(=O)N2CC(C(C)Cl)c3c2cc(OC2OC(CO)C(O)C(O)C2O)c2ccccc32)c2cc(OC3OC(CO)C(O)C(O)C3O)c3ccccc3c21. The van der Waals surface area contributed by atoms with Crippen LogP contribution in [0.25, 0.3) is 21.5 Å². The number of carbonyl (C=O) groups is 2. The van der Waals surface area contributed by atoms with Gasteiger partial charge in [0.25, 0.3) is 0 Å². The average Bonchev–Trinajstić information content (AvgIpc) is 3.89. The van der Waals surface area contributed by atoms with Crippen LogP contribution in [-0.4, -0.2) is 151 Å². The van der Waals surface area contributed by atoms with Crippen LogP contribution in [0.15, 0.2) is 60.7 Å². The Morgan fingerprint density at radius 1 is 0.600 bits per heavy atom. The number of hydrogen-bond acceptors (Lipinski definition) is 14. The normalized spacial score (nSPS) is 30.9. The Morgan fingerprint density at radius 2 is 0.969 bits per heavy atom. The predicted octanol–water partition coefficient (Wildman–Crippen LogP) is 3.12. The molecule has 4 aliphatic rings. The van der Waals surface area contributed by atoms with Crippen molar-refractivity contribution in [3.05, 3.63) is 71.8 Å². The molecule has 8 rings (SSSR count). The zero-order valence-electron chi connectivity index (χ0n) is 35.9. The van der Waals surface area contributed by atoms with Crippen molar-refractivity contribution in [1.29, 1.82) is 0 Å². The highest BCUT2D eigenvalue weighted by Gasteiger charge is 2.47. The molecule has 0 spiro atoms. The second kappa shape index (κ2) is 19.8. The van der Waals surface area contributed by atoms with E-state index in [1.165, 1.54) is 0 Å². The lowest BCUT2D eigenvalue weighted by Crippen LogP contribution is -2.60. The maximum Gasteiger partial charge on any atom is 0.229 e. The van der Waals surface area contributed by atoms with Gasteiger partial charge < -0.3 is 69.6 Å². The summed E-state index contributed by atoms with van der Waals surface area (Å²) >= 11 is 13.5. The Morgan fingerprint density at radius 3 is 1.32 bits per heavy atom. The summed E-state index contributed by atoms with van der Waals surface area (Å²) < 4.78 is 23.6. The summed E-state index contributed by atoms with van der Waals surface area (Å²) in [5, 5.41) is 84.7. The van der Waals surface area contributed by atoms with E-state index >= 15 is 0 Å². The highest BCUT2D eigenvalue weighted by atomic mass is 35.5. The number of aliphatic hydroxyl groups is 8. The van der Waals surface area contributed by atoms with Crippen molar-refractivity contribution in [2.75, 3.05) is 36.1 Å². The molecule has 4 aliphatic heterocycles. The molecule has 16 nitrogen and oxygen atoms in total. The van der Waals surface area contributed by atoms with E-state index < -0.39 is 74.6 Å². The van der Waals surface area contributed by atoms with Crippen molar-refractivity contribution in [2.24, 2.45) is 0 Å². The van der Waals surface area contributed by atoms with Crippen LogP contribution in [0.2, 0.25) is 0 Å². The number of nitrogens with zero attached hydrogens (tertiary/aromatic N) is 2. The fraction of sp³-hybridized carbons (Fsp3) is 0.532. The number of fused-ring (bicyclic) bond motifs is 6. The highest BCUT2D eigenvalue weighted by Crippen LogP contribution is 2.50. The molecule has 0 aromatic heterocycles. The number of ether oxygens (including phenoxy) is 4. The summed E-state index contributed by atoms with van der Waals surface area (Å²) in [7, 11) is 0. The largest absolute Gasteiger partial charge is 0.461 e. The molecule has 14 atom stereocenters. The van der Waals surface area contributed by atoms with Crippen molar-refractivity contribution < 1.29 is 69.4 Å². The Labute approximate surface area is 385 Å². The molecule has 2 amide bonds. The van der Waals surface area contributed by atoms with Crippen LogP contribution >= 0.6 is 23.2 Å². The minimum Gasteiger partial charge on any atom is -0.461 e. The van der Waals surface area contributed by atoms with E-state index in [1.807, 2.05) is 62.4 Å². The van der Waals surface area contributed by atoms with Gasteiger partial charge in [0, 0.05) is 71.4 Å². The zero-order chi connectivity index (χ0) is 46.4. The molecule has 4 aromatic rings. The fourth-order valence-electron chi connectivity index (χ4n) is 9.70. The number of anilines is 2. The van der Waals surface area contributed by atoms with Gasteiger partial charge in [0.1, 0.15) is 60.3 Å². The van der Waals surface area contributed by atoms with Gasteiger partial charge in [-0.2, -0.15) is 0 Å². The maximum absolute atomic E-state index is 14.1. The van der Waals surface area contributed by atoms with Gasteiger partial charge in [-0.25, -0.2) is 0 Å². The Hall–Kier alpha value is -3.88. The predicted molar refractivity (Wildman–Crippen MR) is 241 cm³/mol. The van der Waals surface area contributed by atoms with Crippen LogP contribution in [0, 0.1) is 0 Å². The summed E-state index contributed by atoms with van der Waals surface area (Å²) in [4.78, 5) is 31.5. The number of unbranched alkanes of at least 4 members (excludes halogenated alkanes) is 2. The monoisotopic (exact) mass is 942 g/mol. The molecule has 8 N–H and O–H groups in total. The molecule has 0 radical (unpaired) electrons. The van der Waals surface area contributed by atoms with Gasteiger partial charge in [0.15, 0.2) is 0 Å². The topological polar surface area (TPSA) is 239 Å². The van der Waals surface area contributed by atoms with Gasteiger partial charge in [-0.15, -0.1) is 23.2 Å². The number of benzene rings is 4. The molecule has 18 heteroatoms. The van der Waals surface area contributed by atoms with Crippen molar-refractivity contribution in [3.63, 3.8) is 0 Å². The number of halogens is 2. The molecule has 4 aromatic carbocycles. The summed E-state index contributed by atoms with van der Waals surface area (Å²) in [6, 6.07) is 18.2. The Balaban J connectivity index is 0.961. The molecule has 0 aliphatic carbocycles. The first-order valence-corrected chi connectivity index (χ1v) is 23.0. The third kappa shape index (κ3) is 9.01. The van der Waals surface area contributed by atoms with Gasteiger partial charge in [-0.05, 0) is 48.6 Å². The minimum absolute atomic E-state index is 0.155. The average molecular weight is 944 g/mol. The number of hydrogen-bond donors (Lipinski definition) is 8. The van der Waals surface area contributed by atoms with Gasteiger partial charge in [-0.3, -0.25) is 9.59 Å². The smallest absolute Gasteiger partial charge is 0.229 e.